The number of hydrogen-bond acceptors (Lipinski definition) is 4. The fourth-order valence-corrected chi connectivity index (χ4v) is 1.94. The van der Waals surface area contributed by atoms with Gasteiger partial charge in [0.1, 0.15) is 12.4 Å². The Labute approximate surface area is 109 Å². The van der Waals surface area contributed by atoms with E-state index in [1.54, 1.807) is 0 Å². The van der Waals surface area contributed by atoms with Crippen molar-refractivity contribution in [3.63, 3.8) is 0 Å². The van der Waals surface area contributed by atoms with Gasteiger partial charge in [0, 0.05) is 18.4 Å². The van der Waals surface area contributed by atoms with Crippen LogP contribution in [0.3, 0.4) is 0 Å². The molecule has 0 aliphatic carbocycles. The molecule has 4 nitrogen and oxygen atoms in total. The van der Waals surface area contributed by atoms with Crippen LogP contribution in [0.25, 0.3) is 0 Å². The summed E-state index contributed by atoms with van der Waals surface area (Å²) in [6.07, 6.45) is 1.21. The van der Waals surface area contributed by atoms with Crippen LogP contribution >= 0.6 is 0 Å². The largest absolute Gasteiger partial charge is 0.492 e. The minimum Gasteiger partial charge on any atom is -0.492 e. The van der Waals surface area contributed by atoms with Crippen LogP contribution in [0.1, 0.15) is 18.1 Å². The average molecular weight is 271 g/mol. The number of nitrogens with one attached hydrogen (secondary N) is 1. The monoisotopic (exact) mass is 271 g/mol. The molecule has 1 aromatic carbocycles. The third kappa shape index (κ3) is 5.51. The predicted octanol–water partition coefficient (Wildman–Crippen LogP) is 1.53. The normalized spacial score (nSPS) is 11.5. The SMILES string of the molecule is CCNCc1cc(C)ccc1OCCS(C)(=O)=O. The molecule has 0 aliphatic heterocycles. The molecule has 0 unspecified atom stereocenters. The predicted molar refractivity (Wildman–Crippen MR) is 73.8 cm³/mol. The van der Waals surface area contributed by atoms with Gasteiger partial charge in [-0.2, -0.15) is 0 Å². The summed E-state index contributed by atoms with van der Waals surface area (Å²) >= 11 is 0. The first kappa shape index (κ1) is 15.0. The molecule has 102 valence electrons. The Morgan fingerprint density at radius 1 is 1.33 bits per heavy atom. The number of benzene rings is 1. The van der Waals surface area contributed by atoms with Crippen LogP contribution in [0.15, 0.2) is 18.2 Å². The standard InChI is InChI=1S/C13H21NO3S/c1-4-14-10-12-9-11(2)5-6-13(12)17-7-8-18(3,15)16/h5-6,9,14H,4,7-8,10H2,1-3H3. The van der Waals surface area contributed by atoms with Crippen LogP contribution in [0.2, 0.25) is 0 Å². The maximum absolute atomic E-state index is 11.0. The molecule has 0 atom stereocenters. The van der Waals surface area contributed by atoms with Crippen LogP contribution in [0.5, 0.6) is 5.75 Å². The first-order chi connectivity index (χ1) is 8.42. The van der Waals surface area contributed by atoms with Gasteiger partial charge < -0.3 is 10.1 Å². The van der Waals surface area contributed by atoms with Gasteiger partial charge >= 0.3 is 0 Å². The van der Waals surface area contributed by atoms with E-state index in [0.29, 0.717) is 0 Å². The lowest BCUT2D eigenvalue weighted by Gasteiger charge is -2.12. The zero-order valence-electron chi connectivity index (χ0n) is 11.2. The highest BCUT2D eigenvalue weighted by molar-refractivity contribution is 7.90. The lowest BCUT2D eigenvalue weighted by atomic mass is 10.1. The zero-order chi connectivity index (χ0) is 13.6. The van der Waals surface area contributed by atoms with Gasteiger partial charge in [0.25, 0.3) is 0 Å². The minimum atomic E-state index is -2.97. The second-order valence-corrected chi connectivity index (χ2v) is 6.63. The van der Waals surface area contributed by atoms with E-state index in [1.165, 1.54) is 11.8 Å². The van der Waals surface area contributed by atoms with Gasteiger partial charge in [-0.15, -0.1) is 0 Å². The Morgan fingerprint density at radius 3 is 2.67 bits per heavy atom. The van der Waals surface area contributed by atoms with E-state index in [9.17, 15) is 8.42 Å². The van der Waals surface area contributed by atoms with Crippen molar-refractivity contribution in [3.05, 3.63) is 29.3 Å². The minimum absolute atomic E-state index is 0.0432. The molecule has 0 radical (unpaired) electrons. The van der Waals surface area contributed by atoms with Crippen molar-refractivity contribution < 1.29 is 13.2 Å². The smallest absolute Gasteiger partial charge is 0.150 e. The Balaban J connectivity index is 2.68. The van der Waals surface area contributed by atoms with Gasteiger partial charge in [0.15, 0.2) is 9.84 Å². The van der Waals surface area contributed by atoms with Crippen LogP contribution in [-0.2, 0) is 16.4 Å². The zero-order valence-corrected chi connectivity index (χ0v) is 12.0. The van der Waals surface area contributed by atoms with Gasteiger partial charge in [-0.1, -0.05) is 24.6 Å². The van der Waals surface area contributed by atoms with Crippen molar-refractivity contribution in [3.8, 4) is 5.75 Å². The number of sulfone groups is 1. The summed E-state index contributed by atoms with van der Waals surface area (Å²) in [4.78, 5) is 0. The van der Waals surface area contributed by atoms with Crippen molar-refractivity contribution in [2.45, 2.75) is 20.4 Å². The van der Waals surface area contributed by atoms with Crippen LogP contribution < -0.4 is 10.1 Å². The van der Waals surface area contributed by atoms with E-state index >= 15 is 0 Å². The summed E-state index contributed by atoms with van der Waals surface area (Å²) in [5.41, 5.74) is 2.23. The van der Waals surface area contributed by atoms with Crippen LogP contribution in [0.4, 0.5) is 0 Å². The molecule has 0 amide bonds. The van der Waals surface area contributed by atoms with Crippen molar-refractivity contribution >= 4 is 9.84 Å². The molecule has 18 heavy (non-hydrogen) atoms. The number of rotatable bonds is 7. The second-order valence-electron chi connectivity index (χ2n) is 4.37. The summed E-state index contributed by atoms with van der Waals surface area (Å²) in [6, 6.07) is 5.91. The highest BCUT2D eigenvalue weighted by atomic mass is 32.2. The van der Waals surface area contributed by atoms with Crippen molar-refractivity contribution in [2.24, 2.45) is 0 Å². The molecule has 0 bridgehead atoms. The molecule has 0 heterocycles. The topological polar surface area (TPSA) is 55.4 Å². The molecule has 1 aromatic rings. The van der Waals surface area contributed by atoms with Crippen molar-refractivity contribution in [1.29, 1.82) is 0 Å². The molecular weight excluding hydrogens is 250 g/mol. The molecule has 0 aromatic heterocycles. The molecule has 0 saturated heterocycles. The molecule has 1 N–H and O–H groups in total. The summed E-state index contributed by atoms with van der Waals surface area (Å²) in [7, 11) is -2.97. The van der Waals surface area contributed by atoms with Crippen molar-refractivity contribution in [2.75, 3.05) is 25.2 Å². The Bertz CT molecular complexity index is 483. The van der Waals surface area contributed by atoms with E-state index in [-0.39, 0.29) is 12.4 Å². The molecular formula is C13H21NO3S. The Morgan fingerprint density at radius 2 is 2.06 bits per heavy atom. The fraction of sp³-hybridized carbons (Fsp3) is 0.538. The van der Waals surface area contributed by atoms with Crippen LogP contribution in [0, 0.1) is 6.92 Å². The Kier molecular flexibility index (Phi) is 5.62. The highest BCUT2D eigenvalue weighted by Gasteiger charge is 2.06. The molecule has 1 rings (SSSR count). The molecule has 5 heteroatoms. The lowest BCUT2D eigenvalue weighted by molar-refractivity contribution is 0.336. The second kappa shape index (κ2) is 6.75. The van der Waals surface area contributed by atoms with Gasteiger partial charge in [0.05, 0.1) is 5.75 Å². The number of ether oxygens (including phenoxy) is 1. The number of aryl methyl sites for hydroxylation is 1. The highest BCUT2D eigenvalue weighted by Crippen LogP contribution is 2.20. The van der Waals surface area contributed by atoms with Gasteiger partial charge in [-0.05, 0) is 19.5 Å². The van der Waals surface area contributed by atoms with Gasteiger partial charge in [-0.3, -0.25) is 0 Å². The van der Waals surface area contributed by atoms with E-state index in [1.807, 2.05) is 26.0 Å². The van der Waals surface area contributed by atoms with E-state index in [2.05, 4.69) is 11.4 Å². The Hall–Kier alpha value is -1.07. The quantitative estimate of drug-likeness (QED) is 0.817. The van der Waals surface area contributed by atoms with Gasteiger partial charge in [0.2, 0.25) is 0 Å². The first-order valence-electron chi connectivity index (χ1n) is 6.03. The maximum Gasteiger partial charge on any atom is 0.150 e. The maximum atomic E-state index is 11.0. The summed E-state index contributed by atoms with van der Waals surface area (Å²) < 4.78 is 27.6. The molecule has 0 saturated carbocycles. The summed E-state index contributed by atoms with van der Waals surface area (Å²) in [5, 5.41) is 3.24. The third-order valence-electron chi connectivity index (χ3n) is 2.49. The average Bonchev–Trinajstić information content (AvgIpc) is 2.27. The van der Waals surface area contributed by atoms with Crippen molar-refractivity contribution in [1.82, 2.24) is 5.32 Å². The molecule has 0 aliphatic rings. The fourth-order valence-electron chi connectivity index (χ4n) is 1.55. The first-order valence-corrected chi connectivity index (χ1v) is 8.09. The van der Waals surface area contributed by atoms with E-state index in [4.69, 9.17) is 4.74 Å². The van der Waals surface area contributed by atoms with Gasteiger partial charge in [-0.25, -0.2) is 8.42 Å². The van der Waals surface area contributed by atoms with E-state index in [0.717, 1.165) is 24.4 Å². The third-order valence-corrected chi connectivity index (χ3v) is 3.40. The van der Waals surface area contributed by atoms with E-state index < -0.39 is 9.84 Å². The lowest BCUT2D eigenvalue weighted by Crippen LogP contribution is -2.15. The summed E-state index contributed by atoms with van der Waals surface area (Å²) in [6.45, 7) is 5.87. The summed E-state index contributed by atoms with van der Waals surface area (Å²) in [5.74, 6) is 0.798. The van der Waals surface area contributed by atoms with Crippen LogP contribution in [-0.4, -0.2) is 33.6 Å². The molecule has 0 spiro atoms. The molecule has 0 fully saturated rings. The number of hydrogen-bond donors (Lipinski definition) is 1.